The van der Waals surface area contributed by atoms with E-state index in [1.165, 1.54) is 0 Å². The van der Waals surface area contributed by atoms with E-state index < -0.39 is 36.0 Å². The molecular weight excluding hydrogens is 376 g/mol. The summed E-state index contributed by atoms with van der Waals surface area (Å²) in [4.78, 5) is 36.2. The third kappa shape index (κ3) is 5.28. The van der Waals surface area contributed by atoms with Crippen LogP contribution in [-0.2, 0) is 23.7 Å². The van der Waals surface area contributed by atoms with Crippen LogP contribution in [0.15, 0.2) is 60.7 Å². The molecule has 0 amide bonds. The van der Waals surface area contributed by atoms with Gasteiger partial charge in [0.05, 0.1) is 11.1 Å². The maximum atomic E-state index is 12.3. The highest BCUT2D eigenvalue weighted by Gasteiger charge is 2.47. The van der Waals surface area contributed by atoms with E-state index >= 15 is 0 Å². The summed E-state index contributed by atoms with van der Waals surface area (Å²) < 4.78 is 22.2. The number of esters is 2. The minimum absolute atomic E-state index is 0.158. The molecule has 0 unspecified atom stereocenters. The van der Waals surface area contributed by atoms with E-state index in [-0.39, 0.29) is 6.61 Å². The van der Waals surface area contributed by atoms with Crippen molar-refractivity contribution in [3.8, 4) is 0 Å². The predicted molar refractivity (Wildman–Crippen MR) is 102 cm³/mol. The number of hydrogen-bond donors (Lipinski definition) is 0. The molecule has 1 aliphatic heterocycles. The van der Waals surface area contributed by atoms with Crippen LogP contribution in [0.1, 0.15) is 34.6 Å². The fourth-order valence-electron chi connectivity index (χ4n) is 3.02. The zero-order valence-corrected chi connectivity index (χ0v) is 16.1. The van der Waals surface area contributed by atoms with Gasteiger partial charge in [0.15, 0.2) is 18.2 Å². The molecule has 1 fully saturated rings. The standard InChI is InChI=1S/C22H22O7/c1-22(2)28-18(14-26-20(24)15-9-5-3-6-10-15)19(29-22)17(13-23)27-21(25)16-11-7-4-8-12-16/h3-13,17-19H,14H2,1-2H3/t17-,18+,19-/m1/s1. The lowest BCUT2D eigenvalue weighted by molar-refractivity contribution is -0.158. The average Bonchev–Trinajstić information content (AvgIpc) is 3.05. The normalized spacial score (nSPS) is 21.2. The van der Waals surface area contributed by atoms with Gasteiger partial charge in [-0.3, -0.25) is 4.79 Å². The maximum absolute atomic E-state index is 12.3. The molecule has 2 aromatic rings. The van der Waals surface area contributed by atoms with Crippen LogP contribution in [0, 0.1) is 0 Å². The Labute approximate surface area is 168 Å². The van der Waals surface area contributed by atoms with Gasteiger partial charge in [-0.1, -0.05) is 36.4 Å². The van der Waals surface area contributed by atoms with Crippen LogP contribution in [0.4, 0.5) is 0 Å². The Kier molecular flexibility index (Phi) is 6.41. The van der Waals surface area contributed by atoms with E-state index in [0.29, 0.717) is 17.4 Å². The van der Waals surface area contributed by atoms with E-state index in [9.17, 15) is 14.4 Å². The van der Waals surface area contributed by atoms with Crippen LogP contribution >= 0.6 is 0 Å². The van der Waals surface area contributed by atoms with Gasteiger partial charge in [-0.25, -0.2) is 9.59 Å². The second-order valence-electron chi connectivity index (χ2n) is 6.98. The van der Waals surface area contributed by atoms with Gasteiger partial charge in [-0.15, -0.1) is 0 Å². The van der Waals surface area contributed by atoms with Crippen LogP contribution in [0.2, 0.25) is 0 Å². The van der Waals surface area contributed by atoms with Gasteiger partial charge in [-0.05, 0) is 38.1 Å². The lowest BCUT2D eigenvalue weighted by Gasteiger charge is -2.22. The molecule has 2 aromatic carbocycles. The number of ether oxygens (including phenoxy) is 4. The Balaban J connectivity index is 1.68. The first-order valence-electron chi connectivity index (χ1n) is 9.19. The van der Waals surface area contributed by atoms with E-state index in [1.807, 2.05) is 0 Å². The smallest absolute Gasteiger partial charge is 0.338 e. The van der Waals surface area contributed by atoms with Crippen molar-refractivity contribution in [3.63, 3.8) is 0 Å². The Morgan fingerprint density at radius 1 is 0.966 bits per heavy atom. The molecule has 0 saturated carbocycles. The number of hydrogen-bond acceptors (Lipinski definition) is 7. The molecule has 0 N–H and O–H groups in total. The lowest BCUT2D eigenvalue weighted by atomic mass is 10.1. The molecule has 0 radical (unpaired) electrons. The molecule has 7 heteroatoms. The number of benzene rings is 2. The molecule has 0 spiro atoms. The number of carbonyl (C=O) groups excluding carboxylic acids is 3. The molecular formula is C22H22O7. The van der Waals surface area contributed by atoms with Crippen molar-refractivity contribution in [3.05, 3.63) is 71.8 Å². The molecule has 0 aromatic heterocycles. The van der Waals surface area contributed by atoms with Gasteiger partial charge in [0, 0.05) is 0 Å². The molecule has 1 aliphatic rings. The summed E-state index contributed by atoms with van der Waals surface area (Å²) in [6.07, 6.45) is -2.43. The van der Waals surface area contributed by atoms with E-state index in [2.05, 4.69) is 0 Å². The summed E-state index contributed by atoms with van der Waals surface area (Å²) in [5.41, 5.74) is 0.703. The highest BCUT2D eigenvalue weighted by molar-refractivity contribution is 5.90. The van der Waals surface area contributed by atoms with E-state index in [0.717, 1.165) is 0 Å². The highest BCUT2D eigenvalue weighted by Crippen LogP contribution is 2.31. The molecule has 29 heavy (non-hydrogen) atoms. The summed E-state index contributed by atoms with van der Waals surface area (Å²) in [5.74, 6) is -2.22. The zero-order valence-electron chi connectivity index (χ0n) is 16.1. The van der Waals surface area contributed by atoms with Crippen molar-refractivity contribution in [2.24, 2.45) is 0 Å². The monoisotopic (exact) mass is 398 g/mol. The molecule has 1 saturated heterocycles. The van der Waals surface area contributed by atoms with Gasteiger partial charge < -0.3 is 18.9 Å². The number of rotatable bonds is 7. The van der Waals surface area contributed by atoms with Crippen molar-refractivity contribution in [2.75, 3.05) is 6.61 Å². The van der Waals surface area contributed by atoms with Crippen molar-refractivity contribution in [1.82, 2.24) is 0 Å². The summed E-state index contributed by atoms with van der Waals surface area (Å²) in [6, 6.07) is 16.8. The van der Waals surface area contributed by atoms with Crippen molar-refractivity contribution in [1.29, 1.82) is 0 Å². The third-order valence-corrected chi connectivity index (χ3v) is 4.32. The predicted octanol–water partition coefficient (Wildman–Crippen LogP) is 2.79. The summed E-state index contributed by atoms with van der Waals surface area (Å²) in [7, 11) is 0. The Hall–Kier alpha value is -3.03. The van der Waals surface area contributed by atoms with Crippen LogP contribution in [-0.4, -0.2) is 48.9 Å². The summed E-state index contributed by atoms with van der Waals surface area (Å²) in [6.45, 7) is 3.18. The van der Waals surface area contributed by atoms with Crippen LogP contribution in [0.3, 0.4) is 0 Å². The van der Waals surface area contributed by atoms with Crippen molar-refractivity contribution in [2.45, 2.75) is 37.9 Å². The summed E-state index contributed by atoms with van der Waals surface area (Å²) in [5, 5.41) is 0. The minimum Gasteiger partial charge on any atom is -0.459 e. The largest absolute Gasteiger partial charge is 0.459 e. The van der Waals surface area contributed by atoms with Gasteiger partial charge in [-0.2, -0.15) is 0 Å². The maximum Gasteiger partial charge on any atom is 0.338 e. The molecule has 1 heterocycles. The van der Waals surface area contributed by atoms with Crippen molar-refractivity contribution >= 4 is 18.2 Å². The highest BCUT2D eigenvalue weighted by atomic mass is 16.8. The van der Waals surface area contributed by atoms with E-state index in [1.54, 1.807) is 74.5 Å². The van der Waals surface area contributed by atoms with Crippen LogP contribution in [0.5, 0.6) is 0 Å². The molecule has 0 bridgehead atoms. The van der Waals surface area contributed by atoms with Gasteiger partial charge >= 0.3 is 11.9 Å². The molecule has 3 rings (SSSR count). The molecule has 152 valence electrons. The Morgan fingerprint density at radius 2 is 1.52 bits per heavy atom. The van der Waals surface area contributed by atoms with Gasteiger partial charge in [0.25, 0.3) is 0 Å². The minimum atomic E-state index is -1.22. The second kappa shape index (κ2) is 8.98. The quantitative estimate of drug-likeness (QED) is 0.523. The Bertz CT molecular complexity index is 848. The zero-order chi connectivity index (χ0) is 20.9. The first-order valence-corrected chi connectivity index (χ1v) is 9.19. The number of aldehydes is 1. The second-order valence-corrected chi connectivity index (χ2v) is 6.98. The first-order chi connectivity index (χ1) is 13.9. The fraction of sp³-hybridized carbons (Fsp3) is 0.318. The topological polar surface area (TPSA) is 88.1 Å². The van der Waals surface area contributed by atoms with E-state index in [4.69, 9.17) is 18.9 Å². The fourth-order valence-corrected chi connectivity index (χ4v) is 3.02. The summed E-state index contributed by atoms with van der Waals surface area (Å²) >= 11 is 0. The average molecular weight is 398 g/mol. The molecule has 0 aliphatic carbocycles. The van der Waals surface area contributed by atoms with Crippen LogP contribution in [0.25, 0.3) is 0 Å². The Morgan fingerprint density at radius 3 is 2.07 bits per heavy atom. The van der Waals surface area contributed by atoms with Crippen molar-refractivity contribution < 1.29 is 33.3 Å². The SMILES string of the molecule is CC1(C)O[C@H]([C@@H](C=O)OC(=O)c2ccccc2)[C@H](COC(=O)c2ccccc2)O1. The lowest BCUT2D eigenvalue weighted by Crippen LogP contribution is -2.42. The number of carbonyl (C=O) groups is 3. The molecule has 7 nitrogen and oxygen atoms in total. The third-order valence-electron chi connectivity index (χ3n) is 4.32. The van der Waals surface area contributed by atoms with Gasteiger partial charge in [0.2, 0.25) is 0 Å². The molecule has 3 atom stereocenters. The first kappa shape index (κ1) is 20.7. The van der Waals surface area contributed by atoms with Crippen LogP contribution < -0.4 is 0 Å². The van der Waals surface area contributed by atoms with Gasteiger partial charge in [0.1, 0.15) is 18.8 Å².